The van der Waals surface area contributed by atoms with E-state index in [1.807, 2.05) is 41.3 Å². The van der Waals surface area contributed by atoms with Gasteiger partial charge in [0, 0.05) is 29.9 Å². The summed E-state index contributed by atoms with van der Waals surface area (Å²) in [7, 11) is 0. The number of aromatic nitrogens is 2. The van der Waals surface area contributed by atoms with Crippen LogP contribution in [0.25, 0.3) is 0 Å². The zero-order valence-corrected chi connectivity index (χ0v) is 13.7. The summed E-state index contributed by atoms with van der Waals surface area (Å²) in [4.78, 5) is 11.9. The summed E-state index contributed by atoms with van der Waals surface area (Å²) in [6.45, 7) is 2.07. The molecule has 1 aliphatic rings. The second-order valence-electron chi connectivity index (χ2n) is 5.86. The third-order valence-corrected chi connectivity index (χ3v) is 4.43. The summed E-state index contributed by atoms with van der Waals surface area (Å²) in [5.41, 5.74) is 2.11. The smallest absolute Gasteiger partial charge is 0.237 e. The minimum atomic E-state index is -0.107. The summed E-state index contributed by atoms with van der Waals surface area (Å²) in [5, 5.41) is 11.4. The lowest BCUT2D eigenvalue weighted by Crippen LogP contribution is -2.42. The van der Waals surface area contributed by atoms with Crippen molar-refractivity contribution in [3.8, 4) is 0 Å². The number of hydrogen-bond donors (Lipinski definition) is 2. The molecule has 23 heavy (non-hydrogen) atoms. The van der Waals surface area contributed by atoms with Crippen LogP contribution in [0.15, 0.2) is 36.7 Å². The first-order valence-electron chi connectivity index (χ1n) is 7.98. The van der Waals surface area contributed by atoms with Crippen molar-refractivity contribution in [1.82, 2.24) is 20.4 Å². The Balaban J connectivity index is 1.57. The molecular formula is C17H21ClN4O. The summed E-state index contributed by atoms with van der Waals surface area (Å²) in [5.74, 6) is 0.103. The minimum Gasteiger partial charge on any atom is -0.355 e. The molecule has 2 heterocycles. The Morgan fingerprint density at radius 1 is 1.35 bits per heavy atom. The molecule has 1 atom stereocenters. The van der Waals surface area contributed by atoms with Gasteiger partial charge in [-0.25, -0.2) is 0 Å². The zero-order valence-electron chi connectivity index (χ0n) is 13.0. The zero-order chi connectivity index (χ0) is 16.1. The SMILES string of the molecule is O=C1NCCCC[C@H]1NCc1cnn(Cc2ccccc2Cl)c1. The highest BCUT2D eigenvalue weighted by Gasteiger charge is 2.19. The molecule has 1 amide bonds. The molecular weight excluding hydrogens is 312 g/mol. The van der Waals surface area contributed by atoms with Crippen LogP contribution in [-0.2, 0) is 17.9 Å². The average molecular weight is 333 g/mol. The highest BCUT2D eigenvalue weighted by atomic mass is 35.5. The molecule has 1 fully saturated rings. The normalized spacial score (nSPS) is 18.5. The second-order valence-corrected chi connectivity index (χ2v) is 6.27. The molecule has 0 saturated carbocycles. The minimum absolute atomic E-state index is 0.103. The van der Waals surface area contributed by atoms with E-state index in [4.69, 9.17) is 11.6 Å². The molecule has 1 aliphatic heterocycles. The van der Waals surface area contributed by atoms with Crippen molar-refractivity contribution in [2.45, 2.75) is 38.4 Å². The van der Waals surface area contributed by atoms with Crippen molar-refractivity contribution in [2.75, 3.05) is 6.54 Å². The van der Waals surface area contributed by atoms with Gasteiger partial charge in [0.15, 0.2) is 0 Å². The van der Waals surface area contributed by atoms with Gasteiger partial charge in [0.25, 0.3) is 0 Å². The van der Waals surface area contributed by atoms with E-state index in [0.717, 1.165) is 42.0 Å². The van der Waals surface area contributed by atoms with E-state index in [1.54, 1.807) is 0 Å². The molecule has 2 N–H and O–H groups in total. The van der Waals surface area contributed by atoms with Crippen molar-refractivity contribution in [3.63, 3.8) is 0 Å². The lowest BCUT2D eigenvalue weighted by atomic mass is 10.1. The number of hydrogen-bond acceptors (Lipinski definition) is 3. The molecule has 1 aromatic heterocycles. The Kier molecular flexibility index (Phi) is 5.31. The Hall–Kier alpha value is -1.85. The molecule has 0 unspecified atom stereocenters. The molecule has 122 valence electrons. The van der Waals surface area contributed by atoms with E-state index in [2.05, 4.69) is 15.7 Å². The predicted octanol–water partition coefficient (Wildman–Crippen LogP) is 2.34. The number of carbonyl (C=O) groups is 1. The van der Waals surface area contributed by atoms with E-state index in [9.17, 15) is 4.79 Å². The van der Waals surface area contributed by atoms with E-state index in [0.29, 0.717) is 13.1 Å². The van der Waals surface area contributed by atoms with Crippen LogP contribution in [0.4, 0.5) is 0 Å². The number of nitrogens with one attached hydrogen (secondary N) is 2. The van der Waals surface area contributed by atoms with E-state index < -0.39 is 0 Å². The molecule has 6 heteroatoms. The summed E-state index contributed by atoms with van der Waals surface area (Å²) in [6, 6.07) is 7.66. The molecule has 0 radical (unpaired) electrons. The number of halogens is 1. The fourth-order valence-electron chi connectivity index (χ4n) is 2.76. The number of nitrogens with zero attached hydrogens (tertiary/aromatic N) is 2. The van der Waals surface area contributed by atoms with Crippen molar-refractivity contribution in [3.05, 3.63) is 52.8 Å². The molecule has 1 saturated heterocycles. The standard InChI is InChI=1S/C17H21ClN4O/c18-15-6-2-1-5-14(15)12-22-11-13(10-21-22)9-20-16-7-3-4-8-19-17(16)23/h1-2,5-6,10-11,16,20H,3-4,7-9,12H2,(H,19,23)/t16-/m1/s1. The van der Waals surface area contributed by atoms with Crippen molar-refractivity contribution in [2.24, 2.45) is 0 Å². The molecule has 0 bridgehead atoms. The van der Waals surface area contributed by atoms with Gasteiger partial charge in [-0.15, -0.1) is 0 Å². The summed E-state index contributed by atoms with van der Waals surface area (Å²) in [6.07, 6.45) is 6.84. The molecule has 5 nitrogen and oxygen atoms in total. The molecule has 1 aromatic carbocycles. The van der Waals surface area contributed by atoms with Gasteiger partial charge in [-0.05, 0) is 30.9 Å². The largest absolute Gasteiger partial charge is 0.355 e. The van der Waals surface area contributed by atoms with Crippen LogP contribution in [0.1, 0.15) is 30.4 Å². The van der Waals surface area contributed by atoms with Crippen LogP contribution in [0, 0.1) is 0 Å². The topological polar surface area (TPSA) is 59.0 Å². The van der Waals surface area contributed by atoms with Crippen molar-refractivity contribution >= 4 is 17.5 Å². The van der Waals surface area contributed by atoms with Crippen LogP contribution in [0.3, 0.4) is 0 Å². The van der Waals surface area contributed by atoms with Gasteiger partial charge in [-0.2, -0.15) is 5.10 Å². The van der Waals surface area contributed by atoms with Crippen LogP contribution in [0.2, 0.25) is 5.02 Å². The maximum absolute atomic E-state index is 11.9. The molecule has 0 spiro atoms. The Morgan fingerprint density at radius 3 is 3.09 bits per heavy atom. The van der Waals surface area contributed by atoms with Crippen LogP contribution >= 0.6 is 11.6 Å². The van der Waals surface area contributed by atoms with Gasteiger partial charge in [0.1, 0.15) is 0 Å². The van der Waals surface area contributed by atoms with Crippen molar-refractivity contribution in [1.29, 1.82) is 0 Å². The summed E-state index contributed by atoms with van der Waals surface area (Å²) < 4.78 is 1.87. The number of amides is 1. The Bertz CT molecular complexity index is 670. The number of rotatable bonds is 5. The second kappa shape index (κ2) is 7.62. The monoisotopic (exact) mass is 332 g/mol. The summed E-state index contributed by atoms with van der Waals surface area (Å²) >= 11 is 6.18. The lowest BCUT2D eigenvalue weighted by molar-refractivity contribution is -0.122. The van der Waals surface area contributed by atoms with Gasteiger partial charge < -0.3 is 10.6 Å². The van der Waals surface area contributed by atoms with Gasteiger partial charge in [-0.1, -0.05) is 29.8 Å². The Morgan fingerprint density at radius 2 is 2.22 bits per heavy atom. The molecule has 3 rings (SSSR count). The first kappa shape index (κ1) is 16.0. The number of carbonyl (C=O) groups excluding carboxylic acids is 1. The fourth-order valence-corrected chi connectivity index (χ4v) is 2.96. The third kappa shape index (κ3) is 4.33. The predicted molar refractivity (Wildman–Crippen MR) is 90.3 cm³/mol. The first-order chi connectivity index (χ1) is 11.2. The Labute approximate surface area is 141 Å². The van der Waals surface area contributed by atoms with Gasteiger partial charge in [0.05, 0.1) is 18.8 Å². The fraction of sp³-hybridized carbons (Fsp3) is 0.412. The average Bonchev–Trinajstić information content (AvgIpc) is 2.89. The van der Waals surface area contributed by atoms with Crippen LogP contribution < -0.4 is 10.6 Å². The van der Waals surface area contributed by atoms with Gasteiger partial charge in [0.2, 0.25) is 5.91 Å². The van der Waals surface area contributed by atoms with E-state index in [1.165, 1.54) is 0 Å². The maximum atomic E-state index is 11.9. The first-order valence-corrected chi connectivity index (χ1v) is 8.36. The van der Waals surface area contributed by atoms with E-state index >= 15 is 0 Å². The van der Waals surface area contributed by atoms with Gasteiger partial charge >= 0.3 is 0 Å². The third-order valence-electron chi connectivity index (χ3n) is 4.06. The molecule has 0 aliphatic carbocycles. The van der Waals surface area contributed by atoms with E-state index in [-0.39, 0.29) is 11.9 Å². The van der Waals surface area contributed by atoms with Gasteiger partial charge in [-0.3, -0.25) is 9.48 Å². The molecule has 2 aromatic rings. The van der Waals surface area contributed by atoms with Crippen LogP contribution in [-0.4, -0.2) is 28.3 Å². The quantitative estimate of drug-likeness (QED) is 0.883. The highest BCUT2D eigenvalue weighted by molar-refractivity contribution is 6.31. The van der Waals surface area contributed by atoms with Crippen molar-refractivity contribution < 1.29 is 4.79 Å². The lowest BCUT2D eigenvalue weighted by Gasteiger charge is -2.14. The highest BCUT2D eigenvalue weighted by Crippen LogP contribution is 2.16. The number of benzene rings is 1. The maximum Gasteiger partial charge on any atom is 0.237 e. The van der Waals surface area contributed by atoms with Crippen LogP contribution in [0.5, 0.6) is 0 Å².